The van der Waals surface area contributed by atoms with E-state index in [1.54, 1.807) is 28.4 Å². The van der Waals surface area contributed by atoms with Gasteiger partial charge < -0.3 is 4.90 Å². The number of carbonyl (C=O) groups is 1. The molecule has 0 bridgehead atoms. The quantitative estimate of drug-likeness (QED) is 0.298. The molecule has 180 valence electrons. The maximum absolute atomic E-state index is 13.9. The lowest BCUT2D eigenvalue weighted by molar-refractivity contribution is -0.132. The zero-order valence-electron chi connectivity index (χ0n) is 19.6. The van der Waals surface area contributed by atoms with E-state index in [1.165, 1.54) is 9.18 Å². The Morgan fingerprint density at radius 3 is 2.31 bits per heavy atom. The Labute approximate surface area is 210 Å². The summed E-state index contributed by atoms with van der Waals surface area (Å²) in [4.78, 5) is 18.0. The van der Waals surface area contributed by atoms with Crippen LogP contribution in [0.25, 0.3) is 10.8 Å². The highest BCUT2D eigenvalue weighted by Crippen LogP contribution is 2.34. The first-order chi connectivity index (χ1) is 16.9. The largest absolute Gasteiger partial charge is 0.332 e. The predicted molar refractivity (Wildman–Crippen MR) is 141 cm³/mol. The lowest BCUT2D eigenvalue weighted by Crippen LogP contribution is -2.43. The van der Waals surface area contributed by atoms with Gasteiger partial charge in [-0.15, -0.1) is 11.3 Å². The maximum atomic E-state index is 13.9. The molecule has 0 spiro atoms. The van der Waals surface area contributed by atoms with Gasteiger partial charge in [-0.3, -0.25) is 4.79 Å². The van der Waals surface area contributed by atoms with Crippen molar-refractivity contribution in [1.29, 1.82) is 0 Å². The molecule has 1 heterocycles. The Bertz CT molecular complexity index is 1440. The summed E-state index contributed by atoms with van der Waals surface area (Å²) in [5, 5.41) is 1.55. The van der Waals surface area contributed by atoms with Gasteiger partial charge in [0, 0.05) is 27.7 Å². The minimum Gasteiger partial charge on any atom is -0.332 e. The molecule has 0 aliphatic heterocycles. The molecule has 1 aliphatic carbocycles. The molecule has 5 rings (SSSR count). The van der Waals surface area contributed by atoms with E-state index in [1.807, 2.05) is 79.7 Å². The molecule has 0 saturated heterocycles. The van der Waals surface area contributed by atoms with Gasteiger partial charge in [0.1, 0.15) is 0 Å². The zero-order chi connectivity index (χ0) is 24.4. The van der Waals surface area contributed by atoms with E-state index < -0.39 is 10.0 Å². The Balaban J connectivity index is 1.45. The number of carbonyl (C=O) groups excluding carboxylic acids is 1. The normalized spacial score (nSPS) is 13.9. The van der Waals surface area contributed by atoms with Crippen molar-refractivity contribution in [2.24, 2.45) is 0 Å². The van der Waals surface area contributed by atoms with Crippen LogP contribution in [-0.4, -0.2) is 36.1 Å². The van der Waals surface area contributed by atoms with Crippen LogP contribution in [-0.2, 0) is 27.9 Å². The van der Waals surface area contributed by atoms with Crippen LogP contribution in [0.4, 0.5) is 0 Å². The van der Waals surface area contributed by atoms with Gasteiger partial charge in [0.15, 0.2) is 0 Å². The van der Waals surface area contributed by atoms with Crippen LogP contribution in [0.15, 0.2) is 89.8 Å². The molecule has 1 saturated carbocycles. The van der Waals surface area contributed by atoms with Gasteiger partial charge in [-0.2, -0.15) is 4.31 Å². The number of benzene rings is 3. The smallest absolute Gasteiger partial charge is 0.244 e. The van der Waals surface area contributed by atoms with Crippen LogP contribution < -0.4 is 0 Å². The van der Waals surface area contributed by atoms with Crippen molar-refractivity contribution >= 4 is 38.0 Å². The molecule has 1 aliphatic rings. The molecule has 0 radical (unpaired) electrons. The van der Waals surface area contributed by atoms with Crippen molar-refractivity contribution in [2.45, 2.75) is 43.8 Å². The molecule has 1 amide bonds. The van der Waals surface area contributed by atoms with E-state index in [0.29, 0.717) is 18.5 Å². The number of nitrogens with zero attached hydrogens (tertiary/aromatic N) is 2. The monoisotopic (exact) mass is 504 g/mol. The fourth-order valence-corrected chi connectivity index (χ4v) is 7.10. The molecule has 0 N–H and O–H groups in total. The molecule has 7 heteroatoms. The molecular weight excluding hydrogens is 476 g/mol. The van der Waals surface area contributed by atoms with Crippen LogP contribution in [0, 0.1) is 6.92 Å². The summed E-state index contributed by atoms with van der Waals surface area (Å²) in [6.07, 6.45) is 1.56. The number of hydrogen-bond donors (Lipinski definition) is 0. The average molecular weight is 505 g/mol. The minimum absolute atomic E-state index is 0.134. The van der Waals surface area contributed by atoms with Gasteiger partial charge in [-0.1, -0.05) is 66.7 Å². The topological polar surface area (TPSA) is 57.7 Å². The van der Waals surface area contributed by atoms with Crippen LogP contribution in [0.5, 0.6) is 0 Å². The molecule has 5 nitrogen and oxygen atoms in total. The summed E-state index contributed by atoms with van der Waals surface area (Å²) < 4.78 is 29.2. The lowest BCUT2D eigenvalue weighted by Gasteiger charge is -2.27. The van der Waals surface area contributed by atoms with E-state index in [2.05, 4.69) is 0 Å². The van der Waals surface area contributed by atoms with E-state index in [9.17, 15) is 13.2 Å². The van der Waals surface area contributed by atoms with Crippen molar-refractivity contribution in [3.05, 3.63) is 100 Å². The second-order valence-corrected chi connectivity index (χ2v) is 12.2. The molecule has 1 fully saturated rings. The Morgan fingerprint density at radius 1 is 0.886 bits per heavy atom. The molecule has 4 aromatic rings. The van der Waals surface area contributed by atoms with Gasteiger partial charge in [-0.25, -0.2) is 8.42 Å². The first-order valence-electron chi connectivity index (χ1n) is 11.8. The second-order valence-electron chi connectivity index (χ2n) is 9.01. The number of amides is 1. The number of fused-ring (bicyclic) bond motifs is 1. The summed E-state index contributed by atoms with van der Waals surface area (Å²) in [5.41, 5.74) is 1.02. The predicted octanol–water partition coefficient (Wildman–Crippen LogP) is 5.59. The van der Waals surface area contributed by atoms with Gasteiger partial charge >= 0.3 is 0 Å². The van der Waals surface area contributed by atoms with Crippen molar-refractivity contribution in [1.82, 2.24) is 9.21 Å². The molecule has 1 aromatic heterocycles. The van der Waals surface area contributed by atoms with Crippen LogP contribution >= 0.6 is 11.3 Å². The Kier molecular flexibility index (Phi) is 6.73. The number of aryl methyl sites for hydroxylation is 1. The summed E-state index contributed by atoms with van der Waals surface area (Å²) >= 11 is 1.66. The first-order valence-corrected chi connectivity index (χ1v) is 14.0. The van der Waals surface area contributed by atoms with Crippen molar-refractivity contribution in [2.75, 3.05) is 6.54 Å². The molecule has 35 heavy (non-hydrogen) atoms. The summed E-state index contributed by atoms with van der Waals surface area (Å²) in [6.45, 7) is 2.78. The molecule has 0 unspecified atom stereocenters. The van der Waals surface area contributed by atoms with Gasteiger partial charge in [0.05, 0.1) is 18.0 Å². The van der Waals surface area contributed by atoms with E-state index >= 15 is 0 Å². The number of hydrogen-bond acceptors (Lipinski definition) is 4. The summed E-state index contributed by atoms with van der Waals surface area (Å²) in [5.74, 6) is -0.185. The third-order valence-electron chi connectivity index (χ3n) is 6.29. The van der Waals surface area contributed by atoms with Crippen LogP contribution in [0.1, 0.15) is 28.2 Å². The Morgan fingerprint density at radius 2 is 1.60 bits per heavy atom. The van der Waals surface area contributed by atoms with Gasteiger partial charge in [0.25, 0.3) is 0 Å². The molecular formula is C28H28N2O3S2. The summed E-state index contributed by atoms with van der Waals surface area (Å²) in [6, 6.07) is 26.6. The lowest BCUT2D eigenvalue weighted by atomic mass is 10.1. The van der Waals surface area contributed by atoms with Crippen molar-refractivity contribution in [3.8, 4) is 0 Å². The Hall–Kier alpha value is -3.00. The van der Waals surface area contributed by atoms with Crippen LogP contribution in [0.3, 0.4) is 0 Å². The highest BCUT2D eigenvalue weighted by Gasteiger charge is 2.40. The van der Waals surface area contributed by atoms with E-state index in [0.717, 1.165) is 28.7 Å². The second kappa shape index (κ2) is 9.93. The fraction of sp³-hybridized carbons (Fsp3) is 0.250. The summed E-state index contributed by atoms with van der Waals surface area (Å²) in [7, 11) is -3.85. The highest BCUT2D eigenvalue weighted by molar-refractivity contribution is 7.89. The van der Waals surface area contributed by atoms with Gasteiger partial charge in [0.2, 0.25) is 15.9 Å². The standard InChI is InChI=1S/C28H28N2O3S2/c1-21-14-17-25(34-21)19-29(18-22-8-3-2-4-9-22)28(31)20-30(24-15-16-24)35(32,33)27-13-7-11-23-10-5-6-12-26(23)27/h2-14,17,24H,15-16,18-20H2,1H3. The number of sulfonamides is 1. The average Bonchev–Trinajstić information content (AvgIpc) is 3.62. The molecule has 3 aromatic carbocycles. The number of thiophene rings is 1. The first kappa shape index (κ1) is 23.7. The highest BCUT2D eigenvalue weighted by atomic mass is 32.2. The third kappa shape index (κ3) is 5.32. The molecule has 0 atom stereocenters. The van der Waals surface area contributed by atoms with E-state index in [4.69, 9.17) is 0 Å². The van der Waals surface area contributed by atoms with Crippen molar-refractivity contribution in [3.63, 3.8) is 0 Å². The number of rotatable bonds is 9. The fourth-order valence-electron chi connectivity index (χ4n) is 4.35. The maximum Gasteiger partial charge on any atom is 0.244 e. The SMILES string of the molecule is Cc1ccc(CN(Cc2ccccc2)C(=O)CN(C2CC2)S(=O)(=O)c2cccc3ccccc23)s1. The van der Waals surface area contributed by atoms with Gasteiger partial charge in [-0.05, 0) is 48.9 Å². The van der Waals surface area contributed by atoms with E-state index in [-0.39, 0.29) is 23.4 Å². The van der Waals surface area contributed by atoms with Crippen LogP contribution in [0.2, 0.25) is 0 Å². The third-order valence-corrected chi connectivity index (χ3v) is 9.24. The zero-order valence-corrected chi connectivity index (χ0v) is 21.3. The van der Waals surface area contributed by atoms with Crippen molar-refractivity contribution < 1.29 is 13.2 Å². The minimum atomic E-state index is -3.85.